The molecule has 0 radical (unpaired) electrons. The summed E-state index contributed by atoms with van der Waals surface area (Å²) in [6.07, 6.45) is -39.2. The maximum Gasteiger partial charge on any atom is 0.433 e. The molecule has 0 aromatic heterocycles. The first-order chi connectivity index (χ1) is 31.3. The molecule has 1 aromatic rings. The first-order valence-electron chi connectivity index (χ1n) is 20.7. The number of aliphatic hydroxyl groups is 5. The van der Waals surface area contributed by atoms with Crippen LogP contribution in [0.2, 0.25) is 0 Å². The number of rotatable bonds is 40. The first kappa shape index (κ1) is 63.2. The van der Waals surface area contributed by atoms with Gasteiger partial charge in [0.05, 0.1) is 45.3 Å². The molecule has 5 N–H and O–H groups in total. The Labute approximate surface area is 378 Å². The summed E-state index contributed by atoms with van der Waals surface area (Å²) in [7, 11) is 0. The van der Waals surface area contributed by atoms with Gasteiger partial charge in [-0.3, -0.25) is 4.39 Å². The SMILES string of the molecule is OCC(O)COc1ccc(OCC(O)COCCCCCC(F)(F)C(F)(F)OC(F)(F)C(F)(F)C(F)(F)OC(F)(F)C(F)(F)COCC(O)CCCCC(O)COCC(F)(F)CCCCF)cc1. The van der Waals surface area contributed by atoms with Gasteiger partial charge in [-0.15, -0.1) is 0 Å². The number of alkyl halides is 17. The van der Waals surface area contributed by atoms with Crippen molar-refractivity contribution >= 4 is 0 Å². The largest absolute Gasteiger partial charge is 0.491 e. The molecule has 0 spiro atoms. The van der Waals surface area contributed by atoms with Gasteiger partial charge in [-0.1, -0.05) is 19.3 Å². The predicted molar refractivity (Wildman–Crippen MR) is 200 cm³/mol. The molecular weight excluding hydrogens is 983 g/mol. The van der Waals surface area contributed by atoms with Crippen LogP contribution in [0.4, 0.5) is 74.6 Å². The minimum Gasteiger partial charge on any atom is -0.491 e. The van der Waals surface area contributed by atoms with Crippen LogP contribution in [-0.4, -0.2) is 164 Å². The van der Waals surface area contributed by atoms with Crippen LogP contribution in [-0.2, 0) is 23.7 Å². The van der Waals surface area contributed by atoms with Gasteiger partial charge in [0.1, 0.15) is 50.1 Å². The highest BCUT2D eigenvalue weighted by Crippen LogP contribution is 2.54. The number of hydrogen-bond acceptors (Lipinski definition) is 12. The summed E-state index contributed by atoms with van der Waals surface area (Å²) in [5.74, 6) is -22.4. The first-order valence-corrected chi connectivity index (χ1v) is 20.7. The van der Waals surface area contributed by atoms with Crippen molar-refractivity contribution in [2.75, 3.05) is 66.1 Å². The van der Waals surface area contributed by atoms with Gasteiger partial charge < -0.3 is 49.2 Å². The minimum absolute atomic E-state index is 0.0270. The second-order valence-electron chi connectivity index (χ2n) is 15.3. The molecule has 1 aromatic carbocycles. The number of hydrogen-bond donors (Lipinski definition) is 5. The average Bonchev–Trinajstić information content (AvgIpc) is 3.22. The molecule has 0 heterocycles. The molecular formula is C39H55F17O12. The summed E-state index contributed by atoms with van der Waals surface area (Å²) in [6, 6.07) is 5.76. The third kappa shape index (κ3) is 22.1. The van der Waals surface area contributed by atoms with Gasteiger partial charge in [-0.05, 0) is 62.8 Å². The van der Waals surface area contributed by atoms with Crippen LogP contribution in [0.25, 0.3) is 0 Å². The summed E-state index contributed by atoms with van der Waals surface area (Å²) in [5.41, 5.74) is 0. The van der Waals surface area contributed by atoms with Gasteiger partial charge >= 0.3 is 42.2 Å². The lowest BCUT2D eigenvalue weighted by molar-refractivity contribution is -0.534. The van der Waals surface area contributed by atoms with Crippen molar-refractivity contribution in [3.8, 4) is 11.5 Å². The molecule has 0 aliphatic heterocycles. The summed E-state index contributed by atoms with van der Waals surface area (Å²) < 4.78 is 265. The molecule has 29 heteroatoms. The highest BCUT2D eigenvalue weighted by molar-refractivity contribution is 5.31. The zero-order chi connectivity index (χ0) is 52.1. The Morgan fingerprint density at radius 2 is 0.882 bits per heavy atom. The fourth-order valence-corrected chi connectivity index (χ4v) is 5.21. The van der Waals surface area contributed by atoms with Gasteiger partial charge in [0.2, 0.25) is 0 Å². The zero-order valence-corrected chi connectivity index (χ0v) is 36.0. The molecule has 12 nitrogen and oxygen atoms in total. The lowest BCUT2D eigenvalue weighted by atomic mass is 10.1. The van der Waals surface area contributed by atoms with E-state index >= 15 is 0 Å². The fourth-order valence-electron chi connectivity index (χ4n) is 5.21. The van der Waals surface area contributed by atoms with Crippen molar-refractivity contribution in [1.29, 1.82) is 0 Å². The van der Waals surface area contributed by atoms with Crippen LogP contribution in [0.1, 0.15) is 70.6 Å². The van der Waals surface area contributed by atoms with Crippen LogP contribution in [0.3, 0.4) is 0 Å². The Bertz CT molecular complexity index is 1520. The summed E-state index contributed by atoms with van der Waals surface area (Å²) in [6.45, 7) is -8.17. The quantitative estimate of drug-likeness (QED) is 0.0317. The van der Waals surface area contributed by atoms with E-state index < -0.39 is 145 Å². The van der Waals surface area contributed by atoms with E-state index in [1.807, 2.05) is 4.74 Å². The van der Waals surface area contributed by atoms with Crippen LogP contribution in [0.5, 0.6) is 11.5 Å². The van der Waals surface area contributed by atoms with Crippen LogP contribution in [0.15, 0.2) is 24.3 Å². The summed E-state index contributed by atoms with van der Waals surface area (Å²) in [5, 5.41) is 47.6. The van der Waals surface area contributed by atoms with E-state index in [4.69, 9.17) is 24.1 Å². The third-order valence-electron chi connectivity index (χ3n) is 9.07. The molecule has 0 saturated carbocycles. The van der Waals surface area contributed by atoms with E-state index in [0.717, 1.165) is 0 Å². The second-order valence-corrected chi connectivity index (χ2v) is 15.3. The van der Waals surface area contributed by atoms with Crippen molar-refractivity contribution in [2.24, 2.45) is 0 Å². The van der Waals surface area contributed by atoms with E-state index in [2.05, 4.69) is 9.47 Å². The summed E-state index contributed by atoms with van der Waals surface area (Å²) in [4.78, 5) is 0. The number of halogens is 17. The maximum atomic E-state index is 14.2. The van der Waals surface area contributed by atoms with E-state index in [1.54, 1.807) is 0 Å². The van der Waals surface area contributed by atoms with Crippen molar-refractivity contribution < 1.29 is 133 Å². The Hall–Kier alpha value is -2.77. The number of benzene rings is 1. The number of aliphatic hydroxyl groups excluding tert-OH is 5. The van der Waals surface area contributed by atoms with Gasteiger partial charge in [0.25, 0.3) is 5.92 Å². The zero-order valence-electron chi connectivity index (χ0n) is 36.0. The molecule has 0 bridgehead atoms. The normalized spacial score (nSPS) is 15.6. The highest BCUT2D eigenvalue weighted by Gasteiger charge is 2.81. The van der Waals surface area contributed by atoms with Crippen LogP contribution >= 0.6 is 0 Å². The minimum atomic E-state index is -7.77. The topological polar surface area (TPSA) is 166 Å². The lowest BCUT2D eigenvalue weighted by Crippen LogP contribution is -2.63. The molecule has 1 rings (SSSR count). The molecule has 0 aliphatic carbocycles. The van der Waals surface area contributed by atoms with E-state index in [0.29, 0.717) is 5.75 Å². The average molecular weight is 1040 g/mol. The van der Waals surface area contributed by atoms with Gasteiger partial charge in [-0.25, -0.2) is 18.3 Å². The van der Waals surface area contributed by atoms with Crippen LogP contribution < -0.4 is 9.47 Å². The second kappa shape index (κ2) is 28.3. The Kier molecular flexibility index (Phi) is 26.3. The molecule has 4 atom stereocenters. The molecule has 0 saturated heterocycles. The number of ether oxygens (including phenoxy) is 7. The maximum absolute atomic E-state index is 14.2. The Morgan fingerprint density at radius 1 is 0.441 bits per heavy atom. The highest BCUT2D eigenvalue weighted by atomic mass is 19.4. The van der Waals surface area contributed by atoms with Gasteiger partial charge in [-0.2, -0.15) is 61.5 Å². The van der Waals surface area contributed by atoms with Crippen molar-refractivity contribution in [3.63, 3.8) is 0 Å². The predicted octanol–water partition coefficient (Wildman–Crippen LogP) is 8.14. The lowest BCUT2D eigenvalue weighted by Gasteiger charge is -2.37. The fraction of sp³-hybridized carbons (Fsp3) is 0.846. The molecule has 68 heavy (non-hydrogen) atoms. The molecule has 0 aliphatic rings. The van der Waals surface area contributed by atoms with Crippen LogP contribution in [0, 0.1) is 0 Å². The molecule has 0 amide bonds. The monoisotopic (exact) mass is 1040 g/mol. The molecule has 402 valence electrons. The number of unbranched alkanes of at least 4 members (excludes halogenated alkanes) is 4. The van der Waals surface area contributed by atoms with E-state index in [9.17, 15) is 95.1 Å². The Balaban J connectivity index is 2.54. The van der Waals surface area contributed by atoms with Crippen molar-refractivity contribution in [3.05, 3.63) is 24.3 Å². The van der Waals surface area contributed by atoms with Gasteiger partial charge in [0.15, 0.2) is 0 Å². The van der Waals surface area contributed by atoms with Gasteiger partial charge in [0, 0.05) is 19.4 Å². The van der Waals surface area contributed by atoms with Crippen molar-refractivity contribution in [1.82, 2.24) is 0 Å². The van der Waals surface area contributed by atoms with Crippen molar-refractivity contribution in [2.45, 2.75) is 143 Å². The third-order valence-corrected chi connectivity index (χ3v) is 9.07. The Morgan fingerprint density at radius 3 is 1.37 bits per heavy atom. The standard InChI is InChI=1S/C39H55F17O12/c40-16-6-5-14-32(41,42)24-63-19-26(58)8-2-3-9-27(59)20-64-25-34(45,46)37(51,52)68-39(55,56)35(47,48)38(53,54)67-36(49,50)33(43,44)15-4-1-7-17-62-21-29(61)23-66-31-12-10-30(11-13-31)65-22-28(60)18-57/h10-13,26-29,57-61H,1-9,14-25H2. The summed E-state index contributed by atoms with van der Waals surface area (Å²) >= 11 is 0. The van der Waals surface area contributed by atoms with E-state index in [1.165, 1.54) is 24.3 Å². The molecule has 4 unspecified atom stereocenters. The molecule has 0 fully saturated rings. The smallest absolute Gasteiger partial charge is 0.433 e. The van der Waals surface area contributed by atoms with E-state index in [-0.39, 0.29) is 70.5 Å².